The molecule has 3 atom stereocenters. The molecule has 0 bridgehead atoms. The van der Waals surface area contributed by atoms with Gasteiger partial charge in [-0.3, -0.25) is 4.90 Å². The van der Waals surface area contributed by atoms with E-state index in [0.29, 0.717) is 12.2 Å². The molecule has 3 N–H and O–H groups in total. The van der Waals surface area contributed by atoms with Crippen molar-refractivity contribution in [3.63, 3.8) is 0 Å². The lowest BCUT2D eigenvalue weighted by atomic mass is 9.99. The van der Waals surface area contributed by atoms with E-state index < -0.39 is 6.29 Å². The fourth-order valence-electron chi connectivity index (χ4n) is 4.78. The summed E-state index contributed by atoms with van der Waals surface area (Å²) in [6.45, 7) is 4.57. The summed E-state index contributed by atoms with van der Waals surface area (Å²) in [5, 5.41) is 15.2. The second kappa shape index (κ2) is 13.0. The molecule has 5 rings (SSSR count). The topological polar surface area (TPSA) is 92.3 Å². The molecule has 2 fully saturated rings. The van der Waals surface area contributed by atoms with Gasteiger partial charge in [0, 0.05) is 43.9 Å². The first kappa shape index (κ1) is 26.3. The third-order valence-electron chi connectivity index (χ3n) is 6.92. The number of ether oxygens (including phenoxy) is 3. The van der Waals surface area contributed by atoms with Crippen LogP contribution < -0.4 is 10.6 Å². The minimum absolute atomic E-state index is 0.00376. The fourth-order valence-corrected chi connectivity index (χ4v) is 4.78. The minimum Gasteiger partial charge on any atom is -0.392 e. The molecule has 0 aromatic heterocycles. The summed E-state index contributed by atoms with van der Waals surface area (Å²) < 4.78 is 18.4. The number of nitrogens with zero attached hydrogens (tertiary/aromatic N) is 1. The molecule has 0 spiro atoms. The Bertz CT molecular complexity index is 1150. The van der Waals surface area contributed by atoms with Gasteiger partial charge in [-0.05, 0) is 28.8 Å². The first-order valence-electron chi connectivity index (χ1n) is 13.2. The van der Waals surface area contributed by atoms with Gasteiger partial charge in [-0.15, -0.1) is 0 Å². The highest BCUT2D eigenvalue weighted by Crippen LogP contribution is 2.38. The van der Waals surface area contributed by atoms with E-state index in [1.165, 1.54) is 0 Å². The number of rotatable bonds is 8. The number of morpholine rings is 1. The van der Waals surface area contributed by atoms with Gasteiger partial charge in [-0.1, -0.05) is 66.7 Å². The molecule has 3 aromatic rings. The maximum absolute atomic E-state index is 12.3. The predicted octanol–water partition coefficient (Wildman–Crippen LogP) is 4.38. The zero-order valence-electron chi connectivity index (χ0n) is 21.4. The van der Waals surface area contributed by atoms with Gasteiger partial charge < -0.3 is 30.0 Å². The minimum atomic E-state index is -0.529. The normalized spacial score (nSPS) is 22.1. The zero-order valence-corrected chi connectivity index (χ0v) is 21.4. The first-order valence-corrected chi connectivity index (χ1v) is 13.2. The Kier molecular flexibility index (Phi) is 9.01. The molecule has 2 amide bonds. The lowest BCUT2D eigenvalue weighted by molar-refractivity contribution is -0.253. The van der Waals surface area contributed by atoms with Crippen molar-refractivity contribution in [3.05, 3.63) is 101 Å². The fraction of sp³-hybridized carbons (Fsp3) is 0.367. The third kappa shape index (κ3) is 7.18. The standard InChI is InChI=1S/C30H35N3O5/c34-21-23-6-8-24(9-7-23)28-18-27(20-33-14-16-36-17-15-33)37-29(38-28)25-10-12-26(13-11-25)32-30(35)31-19-22-4-2-1-3-5-22/h1-13,27-29,34H,14-21H2,(H2,31,32,35)/t27-,28+,29+/m0/s1. The number of carbonyl (C=O) groups is 1. The molecule has 8 nitrogen and oxygen atoms in total. The number of aliphatic hydroxyl groups is 1. The van der Waals surface area contributed by atoms with E-state index in [9.17, 15) is 9.90 Å². The van der Waals surface area contributed by atoms with Crippen molar-refractivity contribution in [1.29, 1.82) is 0 Å². The summed E-state index contributed by atoms with van der Waals surface area (Å²) in [5.41, 5.74) is 4.56. The molecule has 3 aromatic carbocycles. The summed E-state index contributed by atoms with van der Waals surface area (Å²) in [6, 6.07) is 25.0. The first-order chi connectivity index (χ1) is 18.7. The Hall–Kier alpha value is -3.27. The van der Waals surface area contributed by atoms with Crippen molar-refractivity contribution in [2.75, 3.05) is 38.2 Å². The lowest BCUT2D eigenvalue weighted by Crippen LogP contribution is -2.44. The van der Waals surface area contributed by atoms with Gasteiger partial charge in [-0.2, -0.15) is 0 Å². The smallest absolute Gasteiger partial charge is 0.319 e. The van der Waals surface area contributed by atoms with Crippen molar-refractivity contribution >= 4 is 11.7 Å². The molecular formula is C30H35N3O5. The predicted molar refractivity (Wildman–Crippen MR) is 144 cm³/mol. The summed E-state index contributed by atoms with van der Waals surface area (Å²) in [5.74, 6) is 0. The molecule has 2 aliphatic heterocycles. The van der Waals surface area contributed by atoms with Crippen LogP contribution in [0.25, 0.3) is 0 Å². The lowest BCUT2D eigenvalue weighted by Gasteiger charge is -2.39. The summed E-state index contributed by atoms with van der Waals surface area (Å²) >= 11 is 0. The van der Waals surface area contributed by atoms with Crippen LogP contribution in [0.4, 0.5) is 10.5 Å². The van der Waals surface area contributed by atoms with Gasteiger partial charge in [0.15, 0.2) is 6.29 Å². The molecule has 0 unspecified atom stereocenters. The molecular weight excluding hydrogens is 482 g/mol. The van der Waals surface area contributed by atoms with Crippen LogP contribution in [-0.4, -0.2) is 55.0 Å². The second-order valence-electron chi connectivity index (χ2n) is 9.68. The van der Waals surface area contributed by atoms with E-state index in [4.69, 9.17) is 14.2 Å². The van der Waals surface area contributed by atoms with Gasteiger partial charge in [0.2, 0.25) is 0 Å². The number of hydrogen-bond donors (Lipinski definition) is 3. The number of hydrogen-bond acceptors (Lipinski definition) is 6. The van der Waals surface area contributed by atoms with Gasteiger partial charge >= 0.3 is 6.03 Å². The van der Waals surface area contributed by atoms with Crippen molar-refractivity contribution < 1.29 is 24.1 Å². The number of carbonyl (C=O) groups excluding carboxylic acids is 1. The van der Waals surface area contributed by atoms with E-state index >= 15 is 0 Å². The van der Waals surface area contributed by atoms with Gasteiger partial charge in [0.25, 0.3) is 0 Å². The van der Waals surface area contributed by atoms with Gasteiger partial charge in [0.1, 0.15) is 0 Å². The molecule has 38 heavy (non-hydrogen) atoms. The molecule has 2 heterocycles. The van der Waals surface area contributed by atoms with Crippen molar-refractivity contribution in [1.82, 2.24) is 10.2 Å². The number of nitrogens with one attached hydrogen (secondary N) is 2. The highest BCUT2D eigenvalue weighted by molar-refractivity contribution is 5.89. The van der Waals surface area contributed by atoms with Crippen LogP contribution in [0.1, 0.15) is 41.1 Å². The molecule has 2 aliphatic rings. The summed E-state index contributed by atoms with van der Waals surface area (Å²) in [6.07, 6.45) is 0.0800. The Labute approximate surface area is 223 Å². The molecule has 0 saturated carbocycles. The quantitative estimate of drug-likeness (QED) is 0.411. The summed E-state index contributed by atoms with van der Waals surface area (Å²) in [4.78, 5) is 14.7. The molecule has 200 valence electrons. The zero-order chi connectivity index (χ0) is 26.2. The van der Waals surface area contributed by atoms with Crippen LogP contribution in [0.5, 0.6) is 0 Å². The largest absolute Gasteiger partial charge is 0.392 e. The molecule has 2 saturated heterocycles. The number of urea groups is 1. The maximum Gasteiger partial charge on any atom is 0.319 e. The van der Waals surface area contributed by atoms with E-state index in [0.717, 1.165) is 61.5 Å². The van der Waals surface area contributed by atoms with Crippen molar-refractivity contribution in [2.45, 2.75) is 38.1 Å². The Morgan fingerprint density at radius 1 is 0.868 bits per heavy atom. The number of aliphatic hydroxyl groups excluding tert-OH is 1. The van der Waals surface area contributed by atoms with Crippen molar-refractivity contribution in [2.24, 2.45) is 0 Å². The highest BCUT2D eigenvalue weighted by atomic mass is 16.7. The van der Waals surface area contributed by atoms with E-state index in [-0.39, 0.29) is 24.8 Å². The average Bonchev–Trinajstić information content (AvgIpc) is 2.97. The van der Waals surface area contributed by atoms with Gasteiger partial charge in [-0.25, -0.2) is 4.79 Å². The van der Waals surface area contributed by atoms with Crippen LogP contribution >= 0.6 is 0 Å². The maximum atomic E-state index is 12.3. The molecule has 8 heteroatoms. The van der Waals surface area contributed by atoms with Crippen LogP contribution in [0.2, 0.25) is 0 Å². The van der Waals surface area contributed by atoms with Crippen LogP contribution in [0, 0.1) is 0 Å². The highest BCUT2D eigenvalue weighted by Gasteiger charge is 2.33. The molecule has 0 aliphatic carbocycles. The Morgan fingerprint density at radius 2 is 1.58 bits per heavy atom. The van der Waals surface area contributed by atoms with Crippen LogP contribution in [0.15, 0.2) is 78.9 Å². The monoisotopic (exact) mass is 517 g/mol. The number of anilines is 1. The Morgan fingerprint density at radius 3 is 2.29 bits per heavy atom. The van der Waals surface area contributed by atoms with Crippen LogP contribution in [0.3, 0.4) is 0 Å². The number of benzene rings is 3. The molecule has 0 radical (unpaired) electrons. The van der Waals surface area contributed by atoms with Crippen molar-refractivity contribution in [3.8, 4) is 0 Å². The average molecular weight is 518 g/mol. The van der Waals surface area contributed by atoms with Gasteiger partial charge in [0.05, 0.1) is 32.0 Å². The number of amides is 2. The van der Waals surface area contributed by atoms with E-state index in [2.05, 4.69) is 15.5 Å². The van der Waals surface area contributed by atoms with E-state index in [1.807, 2.05) is 78.9 Å². The summed E-state index contributed by atoms with van der Waals surface area (Å²) in [7, 11) is 0. The van der Waals surface area contributed by atoms with Crippen LogP contribution in [-0.2, 0) is 27.4 Å². The second-order valence-corrected chi connectivity index (χ2v) is 9.68. The SMILES string of the molecule is O=C(NCc1ccccc1)Nc1ccc([C@@H]2O[C@H](CN3CCOCC3)C[C@H](c3ccc(CO)cc3)O2)cc1. The Balaban J connectivity index is 1.24. The van der Waals surface area contributed by atoms with E-state index in [1.54, 1.807) is 0 Å². The third-order valence-corrected chi connectivity index (χ3v) is 6.92.